The van der Waals surface area contributed by atoms with E-state index in [1.54, 1.807) is 0 Å². The Hall–Kier alpha value is -5.86. The molecule has 9 aromatic rings. The number of furan rings is 2. The Morgan fingerprint density at radius 3 is 1.58 bits per heavy atom. The van der Waals surface area contributed by atoms with Crippen LogP contribution >= 0.6 is 0 Å². The summed E-state index contributed by atoms with van der Waals surface area (Å²) < 4.78 is 13.4. The van der Waals surface area contributed by atoms with Gasteiger partial charge in [0.1, 0.15) is 22.3 Å². The molecule has 0 unspecified atom stereocenters. The van der Waals surface area contributed by atoms with E-state index in [-0.39, 0.29) is 0 Å². The molecule has 0 saturated heterocycles. The Morgan fingerprint density at radius 2 is 0.867 bits per heavy atom. The molecule has 2 nitrogen and oxygen atoms in total. The second-order valence-electron chi connectivity index (χ2n) is 12.0. The van der Waals surface area contributed by atoms with Crippen LogP contribution in [0.3, 0.4) is 0 Å². The summed E-state index contributed by atoms with van der Waals surface area (Å²) in [5.41, 5.74) is 12.7. The summed E-state index contributed by atoms with van der Waals surface area (Å²) in [4.78, 5) is 0. The van der Waals surface area contributed by atoms with Crippen LogP contribution in [0.25, 0.3) is 66.1 Å². The van der Waals surface area contributed by atoms with Crippen LogP contribution in [0.2, 0.25) is 0 Å². The molecule has 0 amide bonds. The molecular formula is C43H26O2. The number of benzene rings is 7. The first-order valence-electron chi connectivity index (χ1n) is 15.4. The highest BCUT2D eigenvalue weighted by atomic mass is 16.3. The Labute approximate surface area is 259 Å². The lowest BCUT2D eigenvalue weighted by molar-refractivity contribution is 0.663. The van der Waals surface area contributed by atoms with E-state index in [9.17, 15) is 0 Å². The lowest BCUT2D eigenvalue weighted by atomic mass is 9.67. The minimum absolute atomic E-state index is 0.468. The maximum Gasteiger partial charge on any atom is 0.143 e. The highest BCUT2D eigenvalue weighted by molar-refractivity contribution is 6.15. The van der Waals surface area contributed by atoms with Crippen LogP contribution in [0.1, 0.15) is 22.3 Å². The normalized spacial score (nSPS) is 13.5. The van der Waals surface area contributed by atoms with Gasteiger partial charge in [0.15, 0.2) is 0 Å². The average Bonchev–Trinajstić information content (AvgIpc) is 3.76. The fraction of sp³-hybridized carbons (Fsp3) is 0.0233. The standard InChI is InChI=1S/C43H26O2/c1-3-13-27(14-4-1)43(28-15-5-2-6-16-28)37-23-9-7-17-29(37)35-25-36-34-22-12-21-33(42(34)45-40(36)26-38(35)43)32-20-11-19-31-30-18-8-10-24-39(30)44-41(31)32/h1-26H. The fourth-order valence-electron chi connectivity index (χ4n) is 7.90. The molecule has 0 radical (unpaired) electrons. The lowest BCUT2D eigenvalue weighted by Crippen LogP contribution is -2.28. The Kier molecular flexibility index (Phi) is 4.95. The van der Waals surface area contributed by atoms with Crippen molar-refractivity contribution in [2.24, 2.45) is 0 Å². The third-order valence-electron chi connectivity index (χ3n) is 9.77. The third kappa shape index (κ3) is 3.23. The van der Waals surface area contributed by atoms with Gasteiger partial charge in [-0.15, -0.1) is 0 Å². The van der Waals surface area contributed by atoms with Gasteiger partial charge in [-0.25, -0.2) is 0 Å². The second kappa shape index (κ2) is 9.07. The number of hydrogen-bond donors (Lipinski definition) is 0. The van der Waals surface area contributed by atoms with Crippen LogP contribution in [0.4, 0.5) is 0 Å². The SMILES string of the molecule is c1ccc(C2(c3ccccc3)c3ccccc3-c3cc4c(cc32)oc2c(-c3cccc5c3oc3ccccc35)cccc24)cc1. The topological polar surface area (TPSA) is 26.3 Å². The highest BCUT2D eigenvalue weighted by Crippen LogP contribution is 2.57. The number of hydrogen-bond acceptors (Lipinski definition) is 2. The third-order valence-corrected chi connectivity index (χ3v) is 9.77. The van der Waals surface area contributed by atoms with Crippen molar-refractivity contribution in [3.63, 3.8) is 0 Å². The van der Waals surface area contributed by atoms with Gasteiger partial charge in [0.05, 0.1) is 5.41 Å². The zero-order valence-corrected chi connectivity index (χ0v) is 24.3. The first-order chi connectivity index (χ1) is 22.3. The zero-order chi connectivity index (χ0) is 29.5. The Bertz CT molecular complexity index is 2550. The predicted octanol–water partition coefficient (Wildman–Crippen LogP) is 11.5. The van der Waals surface area contributed by atoms with Crippen LogP contribution in [-0.4, -0.2) is 0 Å². The molecule has 1 aliphatic rings. The average molecular weight is 575 g/mol. The monoisotopic (exact) mass is 574 g/mol. The molecular weight excluding hydrogens is 548 g/mol. The maximum absolute atomic E-state index is 6.91. The van der Waals surface area contributed by atoms with Crippen molar-refractivity contribution in [1.82, 2.24) is 0 Å². The second-order valence-corrected chi connectivity index (χ2v) is 12.0. The van der Waals surface area contributed by atoms with Gasteiger partial charge in [-0.1, -0.05) is 140 Å². The van der Waals surface area contributed by atoms with E-state index >= 15 is 0 Å². The molecule has 0 atom stereocenters. The van der Waals surface area contributed by atoms with Gasteiger partial charge >= 0.3 is 0 Å². The van der Waals surface area contributed by atoms with Gasteiger partial charge in [0.2, 0.25) is 0 Å². The molecule has 10 rings (SSSR count). The minimum atomic E-state index is -0.468. The van der Waals surface area contributed by atoms with E-state index in [0.717, 1.165) is 55.0 Å². The molecule has 210 valence electrons. The van der Waals surface area contributed by atoms with E-state index in [1.165, 1.54) is 33.4 Å². The summed E-state index contributed by atoms with van der Waals surface area (Å²) >= 11 is 0. The van der Waals surface area contributed by atoms with E-state index < -0.39 is 5.41 Å². The zero-order valence-electron chi connectivity index (χ0n) is 24.3. The first kappa shape index (κ1) is 24.6. The molecule has 45 heavy (non-hydrogen) atoms. The minimum Gasteiger partial charge on any atom is -0.455 e. The summed E-state index contributed by atoms with van der Waals surface area (Å²) in [5, 5.41) is 4.46. The lowest BCUT2D eigenvalue weighted by Gasteiger charge is -2.33. The first-order valence-corrected chi connectivity index (χ1v) is 15.4. The number of para-hydroxylation sites is 3. The van der Waals surface area contributed by atoms with Crippen molar-refractivity contribution < 1.29 is 8.83 Å². The van der Waals surface area contributed by atoms with E-state index in [2.05, 4.69) is 146 Å². The number of rotatable bonds is 3. The van der Waals surface area contributed by atoms with Crippen LogP contribution < -0.4 is 0 Å². The van der Waals surface area contributed by atoms with Crippen molar-refractivity contribution >= 4 is 43.9 Å². The smallest absolute Gasteiger partial charge is 0.143 e. The molecule has 2 heteroatoms. The predicted molar refractivity (Wildman–Crippen MR) is 184 cm³/mol. The summed E-state index contributed by atoms with van der Waals surface area (Å²) in [6.07, 6.45) is 0. The quantitative estimate of drug-likeness (QED) is 0.210. The molecule has 0 saturated carbocycles. The molecule has 0 spiro atoms. The maximum atomic E-state index is 6.91. The van der Waals surface area contributed by atoms with Crippen molar-refractivity contribution in [3.05, 3.63) is 180 Å². The highest BCUT2D eigenvalue weighted by Gasteiger charge is 2.46. The molecule has 1 aliphatic carbocycles. The number of fused-ring (bicyclic) bond motifs is 9. The van der Waals surface area contributed by atoms with Crippen LogP contribution in [0, 0.1) is 0 Å². The van der Waals surface area contributed by atoms with Gasteiger partial charge < -0.3 is 8.83 Å². The Balaban J connectivity index is 1.29. The van der Waals surface area contributed by atoms with Gasteiger partial charge in [-0.3, -0.25) is 0 Å². The molecule has 2 aromatic heterocycles. The fourth-order valence-corrected chi connectivity index (χ4v) is 7.90. The molecule has 0 bridgehead atoms. The van der Waals surface area contributed by atoms with Crippen molar-refractivity contribution in [2.45, 2.75) is 5.41 Å². The van der Waals surface area contributed by atoms with Gasteiger partial charge in [0, 0.05) is 32.7 Å². The van der Waals surface area contributed by atoms with E-state index in [1.807, 2.05) is 12.1 Å². The molecule has 0 fully saturated rings. The summed E-state index contributed by atoms with van der Waals surface area (Å²) in [6, 6.07) is 56.4. The summed E-state index contributed by atoms with van der Waals surface area (Å²) in [7, 11) is 0. The van der Waals surface area contributed by atoms with E-state index in [0.29, 0.717) is 0 Å². The molecule has 2 heterocycles. The summed E-state index contributed by atoms with van der Waals surface area (Å²) in [5.74, 6) is 0. The molecule has 0 N–H and O–H groups in total. The van der Waals surface area contributed by atoms with Gasteiger partial charge in [-0.05, 0) is 51.6 Å². The van der Waals surface area contributed by atoms with Crippen LogP contribution in [0.15, 0.2) is 167 Å². The van der Waals surface area contributed by atoms with Crippen LogP contribution in [0.5, 0.6) is 0 Å². The van der Waals surface area contributed by atoms with Gasteiger partial charge in [-0.2, -0.15) is 0 Å². The van der Waals surface area contributed by atoms with Gasteiger partial charge in [0.25, 0.3) is 0 Å². The van der Waals surface area contributed by atoms with Crippen molar-refractivity contribution in [1.29, 1.82) is 0 Å². The molecule has 7 aromatic carbocycles. The van der Waals surface area contributed by atoms with E-state index in [4.69, 9.17) is 8.83 Å². The van der Waals surface area contributed by atoms with Crippen molar-refractivity contribution in [3.8, 4) is 22.3 Å². The van der Waals surface area contributed by atoms with Crippen LogP contribution in [-0.2, 0) is 5.41 Å². The largest absolute Gasteiger partial charge is 0.455 e. The summed E-state index contributed by atoms with van der Waals surface area (Å²) in [6.45, 7) is 0. The molecule has 0 aliphatic heterocycles. The Morgan fingerprint density at radius 1 is 0.333 bits per heavy atom. The van der Waals surface area contributed by atoms with Crippen molar-refractivity contribution in [2.75, 3.05) is 0 Å².